The molecule has 0 bridgehead atoms. The second kappa shape index (κ2) is 5.15. The summed E-state index contributed by atoms with van der Waals surface area (Å²) in [6, 6.07) is -0.588. The van der Waals surface area contributed by atoms with Crippen LogP contribution in [-0.2, 0) is 11.2 Å². The standard InChI is InChI=1S/C9H10N4OS2/c10-6(5-7-11-1-3-15-7)8(14)13-9-12-2-4-16-9/h1-4,6H,5,10H2,(H,12,13,14)/t6-/m0/s1. The normalized spacial score (nSPS) is 12.3. The fourth-order valence-corrected chi connectivity index (χ4v) is 2.33. The second-order valence-electron chi connectivity index (χ2n) is 3.06. The molecule has 2 rings (SSSR count). The van der Waals surface area contributed by atoms with Crippen molar-refractivity contribution in [3.8, 4) is 0 Å². The van der Waals surface area contributed by atoms with Crippen molar-refractivity contribution in [2.24, 2.45) is 5.73 Å². The van der Waals surface area contributed by atoms with Gasteiger partial charge in [-0.05, 0) is 0 Å². The molecule has 0 unspecified atom stereocenters. The van der Waals surface area contributed by atoms with E-state index in [1.165, 1.54) is 22.7 Å². The van der Waals surface area contributed by atoms with Gasteiger partial charge < -0.3 is 11.1 Å². The van der Waals surface area contributed by atoms with Gasteiger partial charge in [-0.15, -0.1) is 22.7 Å². The van der Waals surface area contributed by atoms with Gasteiger partial charge in [0, 0.05) is 29.6 Å². The minimum absolute atomic E-state index is 0.231. The Bertz CT molecular complexity index is 440. The van der Waals surface area contributed by atoms with Gasteiger partial charge in [-0.3, -0.25) is 4.79 Å². The highest BCUT2D eigenvalue weighted by Gasteiger charge is 2.16. The van der Waals surface area contributed by atoms with E-state index in [0.29, 0.717) is 11.6 Å². The number of amides is 1. The average molecular weight is 254 g/mol. The highest BCUT2D eigenvalue weighted by Crippen LogP contribution is 2.11. The van der Waals surface area contributed by atoms with Gasteiger partial charge in [-0.1, -0.05) is 0 Å². The van der Waals surface area contributed by atoms with Crippen LogP contribution < -0.4 is 11.1 Å². The molecule has 0 saturated heterocycles. The van der Waals surface area contributed by atoms with Crippen molar-refractivity contribution in [1.82, 2.24) is 9.97 Å². The molecule has 2 aromatic rings. The van der Waals surface area contributed by atoms with Gasteiger partial charge in [0.25, 0.3) is 0 Å². The van der Waals surface area contributed by atoms with E-state index in [1.54, 1.807) is 17.8 Å². The summed E-state index contributed by atoms with van der Waals surface area (Å²) in [5, 5.41) is 7.74. The summed E-state index contributed by atoms with van der Waals surface area (Å²) in [4.78, 5) is 19.7. The van der Waals surface area contributed by atoms with Crippen molar-refractivity contribution >= 4 is 33.7 Å². The van der Waals surface area contributed by atoms with E-state index in [-0.39, 0.29) is 5.91 Å². The minimum atomic E-state index is -0.588. The van der Waals surface area contributed by atoms with Crippen LogP contribution in [0.5, 0.6) is 0 Å². The number of thiazole rings is 2. The Labute approximate surface area is 100 Å². The predicted molar refractivity (Wildman–Crippen MR) is 64.5 cm³/mol. The van der Waals surface area contributed by atoms with Crippen LogP contribution in [0.1, 0.15) is 5.01 Å². The van der Waals surface area contributed by atoms with E-state index in [2.05, 4.69) is 15.3 Å². The van der Waals surface area contributed by atoms with Crippen molar-refractivity contribution in [2.45, 2.75) is 12.5 Å². The molecule has 0 saturated carbocycles. The van der Waals surface area contributed by atoms with E-state index in [9.17, 15) is 4.79 Å². The van der Waals surface area contributed by atoms with Crippen LogP contribution in [0.25, 0.3) is 0 Å². The van der Waals surface area contributed by atoms with E-state index in [4.69, 9.17) is 5.73 Å². The van der Waals surface area contributed by atoms with E-state index >= 15 is 0 Å². The third kappa shape index (κ3) is 2.84. The fourth-order valence-electron chi connectivity index (χ4n) is 1.12. The van der Waals surface area contributed by atoms with Crippen molar-refractivity contribution in [3.05, 3.63) is 28.2 Å². The minimum Gasteiger partial charge on any atom is -0.320 e. The maximum atomic E-state index is 11.6. The number of hydrogen-bond acceptors (Lipinski definition) is 6. The highest BCUT2D eigenvalue weighted by atomic mass is 32.1. The summed E-state index contributed by atoms with van der Waals surface area (Å²) in [5.41, 5.74) is 5.76. The Hall–Kier alpha value is -1.31. The van der Waals surface area contributed by atoms with Gasteiger partial charge in [0.2, 0.25) is 5.91 Å². The topological polar surface area (TPSA) is 80.9 Å². The number of hydrogen-bond donors (Lipinski definition) is 2. The lowest BCUT2D eigenvalue weighted by Gasteiger charge is -2.08. The summed E-state index contributed by atoms with van der Waals surface area (Å²) >= 11 is 2.86. The third-order valence-corrected chi connectivity index (χ3v) is 3.37. The molecule has 2 heterocycles. The van der Waals surface area contributed by atoms with Crippen LogP contribution in [0.2, 0.25) is 0 Å². The molecular weight excluding hydrogens is 244 g/mol. The van der Waals surface area contributed by atoms with E-state index in [0.717, 1.165) is 5.01 Å². The number of nitrogens with zero attached hydrogens (tertiary/aromatic N) is 2. The Morgan fingerprint density at radius 3 is 2.75 bits per heavy atom. The SMILES string of the molecule is N[C@@H](Cc1nccs1)C(=O)Nc1nccs1. The summed E-state index contributed by atoms with van der Waals surface area (Å²) in [5.74, 6) is -0.231. The number of rotatable bonds is 4. The molecule has 0 aliphatic rings. The number of nitrogens with one attached hydrogen (secondary N) is 1. The average Bonchev–Trinajstić information content (AvgIpc) is 2.90. The van der Waals surface area contributed by atoms with Crippen LogP contribution in [0.4, 0.5) is 5.13 Å². The monoisotopic (exact) mass is 254 g/mol. The molecule has 2 aromatic heterocycles. The Balaban J connectivity index is 1.90. The molecule has 0 spiro atoms. The first-order valence-corrected chi connectivity index (χ1v) is 6.36. The summed E-state index contributed by atoms with van der Waals surface area (Å²) in [6.45, 7) is 0. The molecule has 1 amide bonds. The first-order chi connectivity index (χ1) is 7.75. The Kier molecular flexibility index (Phi) is 3.60. The summed E-state index contributed by atoms with van der Waals surface area (Å²) in [7, 11) is 0. The maximum Gasteiger partial charge on any atom is 0.243 e. The van der Waals surface area contributed by atoms with E-state index in [1.807, 2.05) is 5.38 Å². The largest absolute Gasteiger partial charge is 0.320 e. The second-order valence-corrected chi connectivity index (χ2v) is 4.94. The molecule has 5 nitrogen and oxygen atoms in total. The Morgan fingerprint density at radius 2 is 2.12 bits per heavy atom. The smallest absolute Gasteiger partial charge is 0.243 e. The van der Waals surface area contributed by atoms with Crippen LogP contribution in [0, 0.1) is 0 Å². The molecule has 0 radical (unpaired) electrons. The molecule has 0 aliphatic heterocycles. The first kappa shape index (κ1) is 11.2. The maximum absolute atomic E-state index is 11.6. The molecule has 84 valence electrons. The van der Waals surface area contributed by atoms with Gasteiger partial charge in [0.05, 0.1) is 11.0 Å². The first-order valence-electron chi connectivity index (χ1n) is 4.60. The molecule has 3 N–H and O–H groups in total. The van der Waals surface area contributed by atoms with Crippen molar-refractivity contribution in [3.63, 3.8) is 0 Å². The summed E-state index contributed by atoms with van der Waals surface area (Å²) < 4.78 is 0. The number of anilines is 1. The van der Waals surface area contributed by atoms with Gasteiger partial charge in [-0.2, -0.15) is 0 Å². The number of carbonyl (C=O) groups excluding carboxylic acids is 1. The van der Waals surface area contributed by atoms with Gasteiger partial charge in [-0.25, -0.2) is 9.97 Å². The van der Waals surface area contributed by atoms with Crippen LogP contribution >= 0.6 is 22.7 Å². The van der Waals surface area contributed by atoms with Crippen LogP contribution in [0.3, 0.4) is 0 Å². The van der Waals surface area contributed by atoms with Gasteiger partial charge >= 0.3 is 0 Å². The third-order valence-electron chi connectivity index (χ3n) is 1.88. The fraction of sp³-hybridized carbons (Fsp3) is 0.222. The molecule has 16 heavy (non-hydrogen) atoms. The number of aromatic nitrogens is 2. The number of nitrogens with two attached hydrogens (primary N) is 1. The summed E-state index contributed by atoms with van der Waals surface area (Å²) in [6.07, 6.45) is 3.78. The molecule has 0 aliphatic carbocycles. The van der Waals surface area contributed by atoms with Crippen molar-refractivity contribution < 1.29 is 4.79 Å². The van der Waals surface area contributed by atoms with Gasteiger partial charge in [0.15, 0.2) is 5.13 Å². The predicted octanol–water partition coefficient (Wildman–Crippen LogP) is 1.11. The van der Waals surface area contributed by atoms with Crippen molar-refractivity contribution in [1.29, 1.82) is 0 Å². The highest BCUT2D eigenvalue weighted by molar-refractivity contribution is 7.13. The zero-order valence-corrected chi connectivity index (χ0v) is 9.92. The molecule has 0 fully saturated rings. The zero-order chi connectivity index (χ0) is 11.4. The lowest BCUT2D eigenvalue weighted by atomic mass is 10.2. The van der Waals surface area contributed by atoms with Crippen LogP contribution in [-0.4, -0.2) is 21.9 Å². The lowest BCUT2D eigenvalue weighted by molar-refractivity contribution is -0.117. The molecule has 1 atom stereocenters. The lowest BCUT2D eigenvalue weighted by Crippen LogP contribution is -2.37. The zero-order valence-electron chi connectivity index (χ0n) is 8.29. The van der Waals surface area contributed by atoms with E-state index < -0.39 is 6.04 Å². The van der Waals surface area contributed by atoms with Crippen LogP contribution in [0.15, 0.2) is 23.2 Å². The number of carbonyl (C=O) groups is 1. The quantitative estimate of drug-likeness (QED) is 0.856. The van der Waals surface area contributed by atoms with Crippen molar-refractivity contribution in [2.75, 3.05) is 5.32 Å². The van der Waals surface area contributed by atoms with Gasteiger partial charge in [0.1, 0.15) is 0 Å². The Morgan fingerprint density at radius 1 is 1.38 bits per heavy atom. The molecular formula is C9H10N4OS2. The molecule has 0 aromatic carbocycles. The molecule has 7 heteroatoms.